The highest BCUT2D eigenvalue weighted by Gasteiger charge is 2.17. The fourth-order valence-corrected chi connectivity index (χ4v) is 1.66. The summed E-state index contributed by atoms with van der Waals surface area (Å²) in [6.45, 7) is 12.3. The Kier molecular flexibility index (Phi) is 5.04. The molecule has 0 fully saturated rings. The fraction of sp³-hybridized carbons (Fsp3) is 0.909. The number of hydrogen-bond donors (Lipinski definition) is 0. The fourth-order valence-electron chi connectivity index (χ4n) is 1.66. The summed E-state index contributed by atoms with van der Waals surface area (Å²) in [4.78, 5) is 6.34. The van der Waals surface area contributed by atoms with Gasteiger partial charge in [-0.2, -0.15) is 0 Å². The molecule has 0 aliphatic heterocycles. The van der Waals surface area contributed by atoms with Gasteiger partial charge in [0, 0.05) is 19.6 Å². The summed E-state index contributed by atoms with van der Waals surface area (Å²) in [5.74, 6) is 0. The van der Waals surface area contributed by atoms with Gasteiger partial charge < -0.3 is 4.90 Å². The van der Waals surface area contributed by atoms with Gasteiger partial charge in [-0.25, -0.2) is 0 Å². The van der Waals surface area contributed by atoms with Gasteiger partial charge in [-0.3, -0.25) is 4.99 Å². The topological polar surface area (TPSA) is 15.6 Å². The summed E-state index contributed by atoms with van der Waals surface area (Å²) in [5, 5.41) is 0. The van der Waals surface area contributed by atoms with E-state index in [0.717, 1.165) is 6.54 Å². The second kappa shape index (κ2) is 5.25. The van der Waals surface area contributed by atoms with Crippen molar-refractivity contribution < 1.29 is 0 Å². The summed E-state index contributed by atoms with van der Waals surface area (Å²) >= 11 is 0. The molecule has 0 amide bonds. The highest BCUT2D eigenvalue weighted by Crippen LogP contribution is 2.22. The summed E-state index contributed by atoms with van der Waals surface area (Å²) in [6, 6.07) is 0.578. The molecular weight excluding hydrogens is 160 g/mol. The Morgan fingerprint density at radius 2 is 1.92 bits per heavy atom. The number of aliphatic imine (C=N–C) groups is 1. The van der Waals surface area contributed by atoms with Crippen molar-refractivity contribution in [3.05, 3.63) is 0 Å². The van der Waals surface area contributed by atoms with Crippen LogP contribution < -0.4 is 0 Å². The van der Waals surface area contributed by atoms with Gasteiger partial charge in [-0.1, -0.05) is 20.8 Å². The molecule has 0 aromatic heterocycles. The smallest absolute Gasteiger partial charge is 0.0848 e. The second-order valence-corrected chi connectivity index (χ2v) is 4.82. The van der Waals surface area contributed by atoms with Crippen molar-refractivity contribution in [3.8, 4) is 0 Å². The molecule has 0 heterocycles. The first-order chi connectivity index (χ1) is 5.90. The molecule has 0 aromatic carbocycles. The van der Waals surface area contributed by atoms with Gasteiger partial charge in [-0.05, 0) is 25.7 Å². The Hall–Kier alpha value is -0.530. The third kappa shape index (κ3) is 5.67. The van der Waals surface area contributed by atoms with Crippen LogP contribution in [0.5, 0.6) is 0 Å². The molecular formula is C11H24N2. The van der Waals surface area contributed by atoms with E-state index >= 15 is 0 Å². The van der Waals surface area contributed by atoms with Crippen LogP contribution in [-0.4, -0.2) is 30.9 Å². The summed E-state index contributed by atoms with van der Waals surface area (Å²) in [7, 11) is 1.83. The molecule has 0 aliphatic rings. The minimum atomic E-state index is 0.397. The molecule has 0 spiro atoms. The standard InChI is InChI=1S/C11H24N2/c1-7-13(9-12-6)10(2)8-11(3,4)5/h9-10H,7-8H2,1-6H3. The molecule has 0 aliphatic carbocycles. The molecule has 0 saturated heterocycles. The maximum atomic E-state index is 4.06. The lowest BCUT2D eigenvalue weighted by Crippen LogP contribution is -2.34. The largest absolute Gasteiger partial charge is 0.361 e. The van der Waals surface area contributed by atoms with Crippen LogP contribution in [0.3, 0.4) is 0 Å². The molecule has 0 N–H and O–H groups in total. The lowest BCUT2D eigenvalue weighted by Gasteiger charge is -2.31. The first-order valence-electron chi connectivity index (χ1n) is 5.08. The van der Waals surface area contributed by atoms with Gasteiger partial charge in [0.05, 0.1) is 6.34 Å². The molecule has 0 radical (unpaired) electrons. The van der Waals surface area contributed by atoms with E-state index in [4.69, 9.17) is 0 Å². The number of rotatable bonds is 4. The molecule has 13 heavy (non-hydrogen) atoms. The van der Waals surface area contributed by atoms with Crippen LogP contribution in [0.4, 0.5) is 0 Å². The van der Waals surface area contributed by atoms with Crippen LogP contribution in [0.1, 0.15) is 41.0 Å². The summed E-state index contributed by atoms with van der Waals surface area (Å²) < 4.78 is 0. The lowest BCUT2D eigenvalue weighted by atomic mass is 9.88. The van der Waals surface area contributed by atoms with Crippen LogP contribution in [0.2, 0.25) is 0 Å². The molecule has 0 bridgehead atoms. The summed E-state index contributed by atoms with van der Waals surface area (Å²) in [5.41, 5.74) is 0.397. The minimum absolute atomic E-state index is 0.397. The first-order valence-corrected chi connectivity index (χ1v) is 5.08. The Morgan fingerprint density at radius 1 is 1.38 bits per heavy atom. The molecule has 0 saturated carbocycles. The first kappa shape index (κ1) is 12.5. The van der Waals surface area contributed by atoms with Crippen molar-refractivity contribution in [2.24, 2.45) is 10.4 Å². The van der Waals surface area contributed by atoms with Crippen LogP contribution in [-0.2, 0) is 0 Å². The Bertz CT molecular complexity index is 156. The highest BCUT2D eigenvalue weighted by atomic mass is 15.2. The number of hydrogen-bond acceptors (Lipinski definition) is 1. The van der Waals surface area contributed by atoms with Crippen molar-refractivity contribution in [3.63, 3.8) is 0 Å². The SMILES string of the molecule is CCN(C=NC)C(C)CC(C)(C)C. The van der Waals surface area contributed by atoms with E-state index in [1.165, 1.54) is 6.42 Å². The van der Waals surface area contributed by atoms with Crippen molar-refractivity contribution in [2.45, 2.75) is 47.1 Å². The maximum absolute atomic E-state index is 4.06. The van der Waals surface area contributed by atoms with E-state index in [1.54, 1.807) is 0 Å². The highest BCUT2D eigenvalue weighted by molar-refractivity contribution is 5.54. The van der Waals surface area contributed by atoms with Gasteiger partial charge in [0.1, 0.15) is 0 Å². The molecule has 0 rings (SSSR count). The Morgan fingerprint density at radius 3 is 2.23 bits per heavy atom. The predicted octanol–water partition coefficient (Wildman–Crippen LogP) is 2.79. The predicted molar refractivity (Wildman–Crippen MR) is 60.3 cm³/mol. The average Bonchev–Trinajstić information content (AvgIpc) is 1.96. The quantitative estimate of drug-likeness (QED) is 0.484. The van der Waals surface area contributed by atoms with Crippen LogP contribution in [0.25, 0.3) is 0 Å². The van der Waals surface area contributed by atoms with E-state index in [-0.39, 0.29) is 0 Å². The molecule has 78 valence electrons. The van der Waals surface area contributed by atoms with Gasteiger partial charge in [0.25, 0.3) is 0 Å². The second-order valence-electron chi connectivity index (χ2n) is 4.82. The summed E-state index contributed by atoms with van der Waals surface area (Å²) in [6.07, 6.45) is 3.14. The van der Waals surface area contributed by atoms with E-state index < -0.39 is 0 Å². The van der Waals surface area contributed by atoms with Crippen LogP contribution in [0, 0.1) is 5.41 Å². The van der Waals surface area contributed by atoms with Crippen molar-refractivity contribution in [2.75, 3.05) is 13.6 Å². The minimum Gasteiger partial charge on any atom is -0.361 e. The van der Waals surface area contributed by atoms with Gasteiger partial charge in [-0.15, -0.1) is 0 Å². The lowest BCUT2D eigenvalue weighted by molar-refractivity contribution is 0.247. The third-order valence-corrected chi connectivity index (χ3v) is 2.10. The Labute approximate surface area is 83.0 Å². The monoisotopic (exact) mass is 184 g/mol. The molecule has 2 nitrogen and oxygen atoms in total. The molecule has 1 unspecified atom stereocenters. The zero-order valence-corrected chi connectivity index (χ0v) is 9.96. The van der Waals surface area contributed by atoms with Crippen LogP contribution >= 0.6 is 0 Å². The van der Waals surface area contributed by atoms with E-state index in [2.05, 4.69) is 44.5 Å². The number of nitrogens with zero attached hydrogens (tertiary/aromatic N) is 2. The molecule has 0 aromatic rings. The normalized spacial score (nSPS) is 14.9. The molecule has 2 heteroatoms. The van der Waals surface area contributed by atoms with Crippen LogP contribution in [0.15, 0.2) is 4.99 Å². The Balaban J connectivity index is 4.13. The van der Waals surface area contributed by atoms with Gasteiger partial charge in [0.2, 0.25) is 0 Å². The van der Waals surface area contributed by atoms with E-state index in [1.807, 2.05) is 13.4 Å². The zero-order valence-electron chi connectivity index (χ0n) is 9.96. The van der Waals surface area contributed by atoms with E-state index in [9.17, 15) is 0 Å². The van der Waals surface area contributed by atoms with Gasteiger partial charge in [0.15, 0.2) is 0 Å². The van der Waals surface area contributed by atoms with Crippen molar-refractivity contribution >= 4 is 6.34 Å². The van der Waals surface area contributed by atoms with E-state index in [0.29, 0.717) is 11.5 Å². The maximum Gasteiger partial charge on any atom is 0.0848 e. The third-order valence-electron chi connectivity index (χ3n) is 2.10. The average molecular weight is 184 g/mol. The molecule has 1 atom stereocenters. The zero-order chi connectivity index (χ0) is 10.5. The van der Waals surface area contributed by atoms with Gasteiger partial charge >= 0.3 is 0 Å². The van der Waals surface area contributed by atoms with Crippen molar-refractivity contribution in [1.82, 2.24) is 4.90 Å². The van der Waals surface area contributed by atoms with Crippen molar-refractivity contribution in [1.29, 1.82) is 0 Å².